The molecule has 1 aliphatic heterocycles. The van der Waals surface area contributed by atoms with Crippen molar-refractivity contribution in [2.75, 3.05) is 13.1 Å². The monoisotopic (exact) mass is 295 g/mol. The summed E-state index contributed by atoms with van der Waals surface area (Å²) in [6.07, 6.45) is 9.21. The lowest BCUT2D eigenvalue weighted by molar-refractivity contribution is -0.142. The molecule has 4 nitrogen and oxygen atoms in total. The smallest absolute Gasteiger partial charge is 0.303 e. The number of carbonyl (C=O) groups is 2. The highest BCUT2D eigenvalue weighted by atomic mass is 16.4. The van der Waals surface area contributed by atoms with Gasteiger partial charge in [0.15, 0.2) is 0 Å². The van der Waals surface area contributed by atoms with Crippen LogP contribution in [0.4, 0.5) is 0 Å². The summed E-state index contributed by atoms with van der Waals surface area (Å²) in [6.45, 7) is 3.94. The summed E-state index contributed by atoms with van der Waals surface area (Å²) in [7, 11) is 0. The van der Waals surface area contributed by atoms with Gasteiger partial charge in [0.25, 0.3) is 0 Å². The quantitative estimate of drug-likeness (QED) is 0.816. The molecule has 4 heteroatoms. The topological polar surface area (TPSA) is 57.6 Å². The zero-order valence-corrected chi connectivity index (χ0v) is 13.3. The van der Waals surface area contributed by atoms with Crippen molar-refractivity contribution in [3.05, 3.63) is 0 Å². The average molecular weight is 295 g/mol. The van der Waals surface area contributed by atoms with Gasteiger partial charge in [-0.25, -0.2) is 0 Å². The molecular formula is C17H29NO3. The van der Waals surface area contributed by atoms with Crippen LogP contribution in [-0.4, -0.2) is 35.0 Å². The number of amides is 1. The fourth-order valence-electron chi connectivity index (χ4n) is 4.17. The molecule has 1 unspecified atom stereocenters. The minimum atomic E-state index is -0.755. The normalized spacial score (nSPS) is 25.0. The standard InChI is InChI=1S/C17H29NO3/c1-2-6-14-7-10-18(13-14)15(19)11-17(12-16(20)21)8-4-3-5-9-17/h14H,2-13H2,1H3,(H,20,21). The van der Waals surface area contributed by atoms with Gasteiger partial charge in [-0.3, -0.25) is 9.59 Å². The van der Waals surface area contributed by atoms with Gasteiger partial charge in [0.05, 0.1) is 6.42 Å². The van der Waals surface area contributed by atoms with Crippen LogP contribution in [0.2, 0.25) is 0 Å². The van der Waals surface area contributed by atoms with Crippen LogP contribution in [0.3, 0.4) is 0 Å². The van der Waals surface area contributed by atoms with Gasteiger partial charge in [-0.1, -0.05) is 32.6 Å². The minimum absolute atomic E-state index is 0.158. The van der Waals surface area contributed by atoms with Crippen LogP contribution in [-0.2, 0) is 9.59 Å². The summed E-state index contributed by atoms with van der Waals surface area (Å²) in [6, 6.07) is 0. The molecule has 1 amide bonds. The first-order chi connectivity index (χ1) is 10.0. The molecule has 2 rings (SSSR count). The lowest BCUT2D eigenvalue weighted by atomic mass is 9.69. The summed E-state index contributed by atoms with van der Waals surface area (Å²) in [5.41, 5.74) is -0.274. The highest BCUT2D eigenvalue weighted by Gasteiger charge is 2.38. The SMILES string of the molecule is CCCC1CCN(C(=O)CC2(CC(=O)O)CCCCC2)C1. The van der Waals surface area contributed by atoms with Crippen LogP contribution < -0.4 is 0 Å². The van der Waals surface area contributed by atoms with E-state index in [9.17, 15) is 14.7 Å². The number of carboxylic acids is 1. The van der Waals surface area contributed by atoms with Crippen LogP contribution in [0.15, 0.2) is 0 Å². The number of nitrogens with zero attached hydrogens (tertiary/aromatic N) is 1. The summed E-state index contributed by atoms with van der Waals surface area (Å²) < 4.78 is 0. The van der Waals surface area contributed by atoms with E-state index in [2.05, 4.69) is 6.92 Å². The van der Waals surface area contributed by atoms with E-state index in [1.165, 1.54) is 19.3 Å². The van der Waals surface area contributed by atoms with Crippen molar-refractivity contribution >= 4 is 11.9 Å². The van der Waals surface area contributed by atoms with E-state index in [1.807, 2.05) is 4.90 Å². The molecular weight excluding hydrogens is 266 g/mol. The fourth-order valence-corrected chi connectivity index (χ4v) is 4.17. The van der Waals surface area contributed by atoms with Crippen LogP contribution in [0.5, 0.6) is 0 Å². The van der Waals surface area contributed by atoms with Gasteiger partial charge >= 0.3 is 5.97 Å². The Bertz CT molecular complexity index is 374. The number of carboxylic acid groups (broad SMARTS) is 1. The maximum Gasteiger partial charge on any atom is 0.303 e. The Labute approximate surface area is 127 Å². The molecule has 0 aromatic carbocycles. The Morgan fingerprint density at radius 2 is 1.90 bits per heavy atom. The van der Waals surface area contributed by atoms with Crippen LogP contribution in [0, 0.1) is 11.3 Å². The highest BCUT2D eigenvalue weighted by molar-refractivity contribution is 5.78. The van der Waals surface area contributed by atoms with E-state index in [1.54, 1.807) is 0 Å². The molecule has 0 radical (unpaired) electrons. The molecule has 0 bridgehead atoms. The van der Waals surface area contributed by atoms with Crippen molar-refractivity contribution in [1.29, 1.82) is 0 Å². The molecule has 0 aromatic rings. The Balaban J connectivity index is 1.93. The Hall–Kier alpha value is -1.06. The van der Waals surface area contributed by atoms with Gasteiger partial charge in [0.2, 0.25) is 5.91 Å². The molecule has 0 aromatic heterocycles. The second kappa shape index (κ2) is 7.28. The van der Waals surface area contributed by atoms with Crippen molar-refractivity contribution < 1.29 is 14.7 Å². The second-order valence-electron chi connectivity index (χ2n) is 7.09. The van der Waals surface area contributed by atoms with E-state index in [4.69, 9.17) is 0 Å². The molecule has 1 N–H and O–H groups in total. The molecule has 2 fully saturated rings. The van der Waals surface area contributed by atoms with E-state index in [0.29, 0.717) is 12.3 Å². The van der Waals surface area contributed by atoms with Crippen LogP contribution in [0.1, 0.15) is 71.1 Å². The van der Waals surface area contributed by atoms with Crippen molar-refractivity contribution in [2.24, 2.45) is 11.3 Å². The summed E-state index contributed by atoms with van der Waals surface area (Å²) in [4.78, 5) is 25.8. The zero-order valence-electron chi connectivity index (χ0n) is 13.3. The predicted molar refractivity (Wildman–Crippen MR) is 82.0 cm³/mol. The summed E-state index contributed by atoms with van der Waals surface area (Å²) in [5.74, 6) is 0.0902. The number of rotatable bonds is 6. The van der Waals surface area contributed by atoms with Gasteiger partial charge in [-0.15, -0.1) is 0 Å². The number of likely N-dealkylation sites (tertiary alicyclic amines) is 1. The fraction of sp³-hybridized carbons (Fsp3) is 0.882. The molecule has 1 heterocycles. The van der Waals surface area contributed by atoms with Crippen molar-refractivity contribution in [3.63, 3.8) is 0 Å². The molecule has 1 saturated carbocycles. The number of hydrogen-bond acceptors (Lipinski definition) is 2. The Kier molecular flexibility index (Phi) is 5.65. The van der Waals surface area contributed by atoms with Crippen molar-refractivity contribution in [2.45, 2.75) is 71.1 Å². The third kappa shape index (κ3) is 4.45. The summed E-state index contributed by atoms with van der Waals surface area (Å²) >= 11 is 0. The van der Waals surface area contributed by atoms with Gasteiger partial charge in [-0.05, 0) is 37.0 Å². The first-order valence-corrected chi connectivity index (χ1v) is 8.54. The Morgan fingerprint density at radius 1 is 1.19 bits per heavy atom. The molecule has 21 heavy (non-hydrogen) atoms. The van der Waals surface area contributed by atoms with Crippen LogP contribution in [0.25, 0.3) is 0 Å². The molecule has 2 aliphatic rings. The first-order valence-electron chi connectivity index (χ1n) is 8.54. The molecule has 1 atom stereocenters. The van der Waals surface area contributed by atoms with Crippen LogP contribution >= 0.6 is 0 Å². The lowest BCUT2D eigenvalue weighted by Crippen LogP contribution is -2.37. The van der Waals surface area contributed by atoms with Crippen molar-refractivity contribution in [1.82, 2.24) is 4.90 Å². The van der Waals surface area contributed by atoms with E-state index >= 15 is 0 Å². The lowest BCUT2D eigenvalue weighted by Gasteiger charge is -2.36. The first kappa shape index (κ1) is 16.3. The van der Waals surface area contributed by atoms with E-state index < -0.39 is 5.97 Å². The largest absolute Gasteiger partial charge is 0.481 e. The molecule has 1 saturated heterocycles. The summed E-state index contributed by atoms with van der Waals surface area (Å²) in [5, 5.41) is 9.20. The molecule has 120 valence electrons. The highest BCUT2D eigenvalue weighted by Crippen LogP contribution is 2.43. The second-order valence-corrected chi connectivity index (χ2v) is 7.09. The van der Waals surface area contributed by atoms with E-state index in [-0.39, 0.29) is 17.7 Å². The van der Waals surface area contributed by atoms with Gasteiger partial charge < -0.3 is 10.0 Å². The molecule has 1 aliphatic carbocycles. The van der Waals surface area contributed by atoms with Gasteiger partial charge in [-0.2, -0.15) is 0 Å². The van der Waals surface area contributed by atoms with Gasteiger partial charge in [0, 0.05) is 19.5 Å². The van der Waals surface area contributed by atoms with Crippen molar-refractivity contribution in [3.8, 4) is 0 Å². The van der Waals surface area contributed by atoms with Gasteiger partial charge in [0.1, 0.15) is 0 Å². The third-order valence-corrected chi connectivity index (χ3v) is 5.30. The van der Waals surface area contributed by atoms with E-state index in [0.717, 1.165) is 45.2 Å². The average Bonchev–Trinajstić information content (AvgIpc) is 2.88. The number of hydrogen-bond donors (Lipinski definition) is 1. The maximum absolute atomic E-state index is 12.6. The molecule has 0 spiro atoms. The Morgan fingerprint density at radius 3 is 2.52 bits per heavy atom. The third-order valence-electron chi connectivity index (χ3n) is 5.30. The predicted octanol–water partition coefficient (Wildman–Crippen LogP) is 3.45. The number of aliphatic carboxylic acids is 1. The number of carbonyl (C=O) groups excluding carboxylic acids is 1. The maximum atomic E-state index is 12.6. The zero-order chi connectivity index (χ0) is 15.3. The minimum Gasteiger partial charge on any atom is -0.481 e.